The zero-order valence-electron chi connectivity index (χ0n) is 16.5. The van der Waals surface area contributed by atoms with Crippen molar-refractivity contribution < 1.29 is 4.74 Å². The molecule has 0 aliphatic heterocycles. The van der Waals surface area contributed by atoms with Crippen LogP contribution in [0.15, 0.2) is 42.7 Å². The Morgan fingerprint density at radius 2 is 1.86 bits per heavy atom. The number of nitrogens with one attached hydrogen (secondary N) is 1. The molecule has 0 saturated carbocycles. The fraction of sp³-hybridized carbons (Fsp3) is 0.286. The Balaban J connectivity index is 1.79. The van der Waals surface area contributed by atoms with E-state index in [-0.39, 0.29) is 0 Å². The first-order valence-corrected chi connectivity index (χ1v) is 9.41. The van der Waals surface area contributed by atoms with Crippen molar-refractivity contribution in [3.8, 4) is 5.75 Å². The van der Waals surface area contributed by atoms with E-state index in [1.54, 1.807) is 13.2 Å². The van der Waals surface area contributed by atoms with Gasteiger partial charge in [0, 0.05) is 43.1 Å². The molecule has 1 aromatic carbocycles. The normalized spacial score (nSPS) is 10.6. The summed E-state index contributed by atoms with van der Waals surface area (Å²) >= 11 is 6.20. The molecular formula is C21H24ClN5O. The van der Waals surface area contributed by atoms with Crippen LogP contribution in [-0.4, -0.2) is 35.7 Å². The molecule has 0 aliphatic rings. The van der Waals surface area contributed by atoms with Gasteiger partial charge in [-0.05, 0) is 49.6 Å². The Morgan fingerprint density at radius 1 is 1.11 bits per heavy atom. The minimum absolute atomic E-state index is 0.665. The summed E-state index contributed by atoms with van der Waals surface area (Å²) in [4.78, 5) is 15.3. The summed E-state index contributed by atoms with van der Waals surface area (Å²) in [5.74, 6) is 2.92. The van der Waals surface area contributed by atoms with Gasteiger partial charge in [-0.3, -0.25) is 4.98 Å². The van der Waals surface area contributed by atoms with Gasteiger partial charge in [0.2, 0.25) is 0 Å². The smallest absolute Gasteiger partial charge is 0.143 e. The van der Waals surface area contributed by atoms with E-state index in [4.69, 9.17) is 16.3 Å². The van der Waals surface area contributed by atoms with Gasteiger partial charge in [-0.25, -0.2) is 9.97 Å². The monoisotopic (exact) mass is 397 g/mol. The fourth-order valence-electron chi connectivity index (χ4n) is 2.84. The first kappa shape index (κ1) is 19.9. The Hall–Kier alpha value is -2.86. The van der Waals surface area contributed by atoms with E-state index in [2.05, 4.69) is 25.2 Å². The third kappa shape index (κ3) is 4.89. The lowest BCUT2D eigenvalue weighted by atomic mass is 10.2. The zero-order chi connectivity index (χ0) is 20.1. The van der Waals surface area contributed by atoms with Crippen molar-refractivity contribution in [2.45, 2.75) is 20.3 Å². The maximum absolute atomic E-state index is 6.20. The predicted molar refractivity (Wildman–Crippen MR) is 114 cm³/mol. The maximum atomic E-state index is 6.20. The Bertz CT molecular complexity index is 949. The molecule has 146 valence electrons. The lowest BCUT2D eigenvalue weighted by Crippen LogP contribution is -2.22. The molecule has 7 heteroatoms. The van der Waals surface area contributed by atoms with E-state index < -0.39 is 0 Å². The number of nitrogens with zero attached hydrogens (tertiary/aromatic N) is 4. The first-order chi connectivity index (χ1) is 13.5. The standard InChI is InChI=1S/C21H24ClN5O/c1-14-11-18(19(28-4)12-17(14)22)26-20-13-21(25-15(2)24-20)27(3)10-7-16-5-8-23-9-6-16/h5-6,8-9,11-13H,7,10H2,1-4H3,(H,24,25,26). The van der Waals surface area contributed by atoms with Crippen LogP contribution < -0.4 is 15.0 Å². The lowest BCUT2D eigenvalue weighted by molar-refractivity contribution is 0.416. The van der Waals surface area contributed by atoms with E-state index in [1.165, 1.54) is 5.56 Å². The van der Waals surface area contributed by atoms with Crippen molar-refractivity contribution in [3.05, 3.63) is 64.7 Å². The van der Waals surface area contributed by atoms with Crippen LogP contribution in [0.1, 0.15) is 17.0 Å². The highest BCUT2D eigenvalue weighted by Gasteiger charge is 2.11. The van der Waals surface area contributed by atoms with Gasteiger partial charge in [0.1, 0.15) is 23.2 Å². The summed E-state index contributed by atoms with van der Waals surface area (Å²) in [7, 11) is 3.65. The molecule has 0 amide bonds. The number of hydrogen-bond donors (Lipinski definition) is 1. The number of halogens is 1. The average Bonchev–Trinajstić information content (AvgIpc) is 2.69. The fourth-order valence-corrected chi connectivity index (χ4v) is 2.99. The zero-order valence-corrected chi connectivity index (χ0v) is 17.3. The van der Waals surface area contributed by atoms with Crippen LogP contribution in [0.4, 0.5) is 17.3 Å². The molecule has 0 aliphatic carbocycles. The molecule has 0 radical (unpaired) electrons. The summed E-state index contributed by atoms with van der Waals surface area (Å²) in [6, 6.07) is 9.74. The molecule has 2 aromatic heterocycles. The van der Waals surface area contributed by atoms with Crippen LogP contribution >= 0.6 is 11.6 Å². The van der Waals surface area contributed by atoms with Crippen LogP contribution in [0.3, 0.4) is 0 Å². The van der Waals surface area contributed by atoms with Gasteiger partial charge in [0.05, 0.1) is 12.8 Å². The second-order valence-corrected chi connectivity index (χ2v) is 7.02. The third-order valence-electron chi connectivity index (χ3n) is 4.44. The molecular weight excluding hydrogens is 374 g/mol. The van der Waals surface area contributed by atoms with E-state index in [1.807, 2.05) is 57.6 Å². The van der Waals surface area contributed by atoms with Crippen LogP contribution in [0.25, 0.3) is 0 Å². The highest BCUT2D eigenvalue weighted by molar-refractivity contribution is 6.31. The van der Waals surface area contributed by atoms with Gasteiger partial charge in [-0.15, -0.1) is 0 Å². The van der Waals surface area contributed by atoms with Crippen molar-refractivity contribution in [2.24, 2.45) is 0 Å². The second kappa shape index (κ2) is 8.89. The number of hydrogen-bond acceptors (Lipinski definition) is 6. The number of benzene rings is 1. The van der Waals surface area contributed by atoms with Gasteiger partial charge < -0.3 is 15.0 Å². The summed E-state index contributed by atoms with van der Waals surface area (Å²) in [5, 5.41) is 4.00. The summed E-state index contributed by atoms with van der Waals surface area (Å²) in [6.45, 7) is 4.68. The maximum Gasteiger partial charge on any atom is 0.143 e. The molecule has 0 saturated heterocycles. The molecule has 3 rings (SSSR count). The third-order valence-corrected chi connectivity index (χ3v) is 4.85. The number of anilines is 3. The molecule has 0 bridgehead atoms. The Morgan fingerprint density at radius 3 is 2.57 bits per heavy atom. The Labute approximate surface area is 170 Å². The number of pyridine rings is 1. The summed E-state index contributed by atoms with van der Waals surface area (Å²) < 4.78 is 5.44. The van der Waals surface area contributed by atoms with Crippen LogP contribution in [0.2, 0.25) is 5.02 Å². The molecule has 2 heterocycles. The van der Waals surface area contributed by atoms with Crippen LogP contribution in [0.5, 0.6) is 5.75 Å². The average molecular weight is 398 g/mol. The van der Waals surface area contributed by atoms with Crippen molar-refractivity contribution in [3.63, 3.8) is 0 Å². The highest BCUT2D eigenvalue weighted by atomic mass is 35.5. The van der Waals surface area contributed by atoms with Crippen LogP contribution in [0, 0.1) is 13.8 Å². The topological polar surface area (TPSA) is 63.2 Å². The number of likely N-dealkylation sites (N-methyl/N-ethyl adjacent to an activating group) is 1. The number of aryl methyl sites for hydroxylation is 2. The molecule has 6 nitrogen and oxygen atoms in total. The minimum Gasteiger partial charge on any atom is -0.495 e. The predicted octanol–water partition coefficient (Wildman–Crippen LogP) is 4.57. The number of methoxy groups -OCH3 is 1. The van der Waals surface area contributed by atoms with Gasteiger partial charge in [0.25, 0.3) is 0 Å². The van der Waals surface area contributed by atoms with Crippen molar-refractivity contribution in [2.75, 3.05) is 30.9 Å². The molecule has 0 unspecified atom stereocenters. The van der Waals surface area contributed by atoms with Crippen LogP contribution in [-0.2, 0) is 6.42 Å². The van der Waals surface area contributed by atoms with Gasteiger partial charge in [-0.2, -0.15) is 0 Å². The van der Waals surface area contributed by atoms with Gasteiger partial charge in [0.15, 0.2) is 0 Å². The molecule has 3 aromatic rings. The van der Waals surface area contributed by atoms with Crippen molar-refractivity contribution >= 4 is 28.9 Å². The highest BCUT2D eigenvalue weighted by Crippen LogP contribution is 2.33. The van der Waals surface area contributed by atoms with E-state index >= 15 is 0 Å². The molecule has 0 spiro atoms. The van der Waals surface area contributed by atoms with E-state index in [0.29, 0.717) is 22.4 Å². The molecule has 0 atom stereocenters. The summed E-state index contributed by atoms with van der Waals surface area (Å²) in [5.41, 5.74) is 3.02. The van der Waals surface area contributed by atoms with E-state index in [0.717, 1.165) is 30.0 Å². The molecule has 0 fully saturated rings. The molecule has 1 N–H and O–H groups in total. The van der Waals surface area contributed by atoms with E-state index in [9.17, 15) is 0 Å². The van der Waals surface area contributed by atoms with Gasteiger partial charge in [-0.1, -0.05) is 11.6 Å². The second-order valence-electron chi connectivity index (χ2n) is 6.61. The lowest BCUT2D eigenvalue weighted by Gasteiger charge is -2.20. The number of ether oxygens (including phenoxy) is 1. The van der Waals surface area contributed by atoms with Crippen molar-refractivity contribution in [1.82, 2.24) is 15.0 Å². The molecule has 28 heavy (non-hydrogen) atoms. The quantitative estimate of drug-likeness (QED) is 0.629. The van der Waals surface area contributed by atoms with Gasteiger partial charge >= 0.3 is 0 Å². The SMILES string of the molecule is COc1cc(Cl)c(C)cc1Nc1cc(N(C)CCc2ccncc2)nc(C)n1. The Kier molecular flexibility index (Phi) is 6.31. The summed E-state index contributed by atoms with van der Waals surface area (Å²) in [6.07, 6.45) is 4.54. The van der Waals surface area contributed by atoms with Crippen molar-refractivity contribution in [1.29, 1.82) is 0 Å². The largest absolute Gasteiger partial charge is 0.495 e. The number of aromatic nitrogens is 3. The first-order valence-electron chi connectivity index (χ1n) is 9.03. The minimum atomic E-state index is 0.665. The number of rotatable bonds is 7.